The molecule has 1 atom stereocenters. The van der Waals surface area contributed by atoms with E-state index in [1.165, 1.54) is 5.56 Å². The number of rotatable bonds is 2. The lowest BCUT2D eigenvalue weighted by atomic mass is 10.0. The Morgan fingerprint density at radius 1 is 1.43 bits per heavy atom. The van der Waals surface area contributed by atoms with Gasteiger partial charge in [-0.3, -0.25) is 4.90 Å². The smallest absolute Gasteiger partial charge is 0.322 e. The molecule has 1 aliphatic heterocycles. The molecule has 110 valence electrons. The summed E-state index contributed by atoms with van der Waals surface area (Å²) in [6.45, 7) is 7.41. The quantitative estimate of drug-likeness (QED) is 0.921. The van der Waals surface area contributed by atoms with Gasteiger partial charge in [-0.2, -0.15) is 0 Å². The van der Waals surface area contributed by atoms with E-state index in [9.17, 15) is 4.79 Å². The van der Waals surface area contributed by atoms with Crippen LogP contribution in [-0.4, -0.2) is 17.6 Å². The van der Waals surface area contributed by atoms with Crippen molar-refractivity contribution >= 4 is 23.1 Å². The number of nitrogens with zero attached hydrogens (tertiary/aromatic N) is 2. The molecule has 2 amide bonds. The number of thiazole rings is 1. The van der Waals surface area contributed by atoms with Crippen molar-refractivity contribution < 1.29 is 4.79 Å². The summed E-state index contributed by atoms with van der Waals surface area (Å²) in [6.07, 6.45) is 0. The number of fused-ring (bicyclic) bond motifs is 1. The van der Waals surface area contributed by atoms with Gasteiger partial charge < -0.3 is 5.32 Å². The predicted molar refractivity (Wildman–Crippen MR) is 86.0 cm³/mol. The molecule has 1 aromatic heterocycles. The largest absolute Gasteiger partial charge is 0.333 e. The fourth-order valence-electron chi connectivity index (χ4n) is 2.80. The summed E-state index contributed by atoms with van der Waals surface area (Å²) >= 11 is 1.64. The van der Waals surface area contributed by atoms with Crippen LogP contribution in [0.25, 0.3) is 0 Å². The Labute approximate surface area is 128 Å². The van der Waals surface area contributed by atoms with Crippen LogP contribution in [0.2, 0.25) is 0 Å². The van der Waals surface area contributed by atoms with Gasteiger partial charge in [0.05, 0.1) is 17.2 Å². The Balaban J connectivity index is 1.71. The lowest BCUT2D eigenvalue weighted by molar-refractivity contribution is 0.246. The fourth-order valence-corrected chi connectivity index (χ4v) is 3.68. The lowest BCUT2D eigenvalue weighted by Crippen LogP contribution is -2.38. The molecular formula is C16H19N3OS. The molecule has 2 heterocycles. The van der Waals surface area contributed by atoms with Gasteiger partial charge in [0.2, 0.25) is 0 Å². The number of anilines is 1. The van der Waals surface area contributed by atoms with Crippen molar-refractivity contribution in [2.75, 3.05) is 11.4 Å². The van der Waals surface area contributed by atoms with Gasteiger partial charge in [-0.1, -0.05) is 25.1 Å². The third-order valence-electron chi connectivity index (χ3n) is 3.86. The minimum atomic E-state index is -0.0303. The van der Waals surface area contributed by atoms with Crippen LogP contribution in [-0.2, 0) is 6.54 Å². The van der Waals surface area contributed by atoms with Crippen LogP contribution < -0.4 is 10.2 Å². The molecule has 0 spiro atoms. The summed E-state index contributed by atoms with van der Waals surface area (Å²) in [5, 5.41) is 4.05. The van der Waals surface area contributed by atoms with Crippen LogP contribution in [0.15, 0.2) is 24.3 Å². The number of hydrogen-bond donors (Lipinski definition) is 1. The first-order valence-corrected chi connectivity index (χ1v) is 7.95. The van der Waals surface area contributed by atoms with Crippen LogP contribution in [0.3, 0.4) is 0 Å². The first-order chi connectivity index (χ1) is 10.1. The predicted octanol–water partition coefficient (Wildman–Crippen LogP) is 3.59. The topological polar surface area (TPSA) is 45.2 Å². The number of carbonyl (C=O) groups is 1. The highest BCUT2D eigenvalue weighted by molar-refractivity contribution is 7.11. The van der Waals surface area contributed by atoms with E-state index in [4.69, 9.17) is 0 Å². The standard InChI is InChI=1S/C16H19N3OS/c1-10-9-19(14-7-5-4-6-13(10)14)16(20)17-8-15-11(2)18-12(3)21-15/h4-7,10H,8-9H2,1-3H3,(H,17,20)/t10-/m1/s1. The molecule has 0 aliphatic carbocycles. The number of amides is 2. The Kier molecular flexibility index (Phi) is 3.68. The molecule has 0 radical (unpaired) electrons. The normalized spacial score (nSPS) is 16.9. The highest BCUT2D eigenvalue weighted by Crippen LogP contribution is 2.35. The van der Waals surface area contributed by atoms with Gasteiger partial charge in [0.15, 0.2) is 0 Å². The molecule has 0 fully saturated rings. The van der Waals surface area contributed by atoms with Crippen molar-refractivity contribution in [2.45, 2.75) is 33.2 Å². The Hall–Kier alpha value is -1.88. The molecule has 0 saturated heterocycles. The number of hydrogen-bond acceptors (Lipinski definition) is 3. The highest BCUT2D eigenvalue weighted by Gasteiger charge is 2.29. The fraction of sp³-hybridized carbons (Fsp3) is 0.375. The molecule has 1 aliphatic rings. The maximum Gasteiger partial charge on any atom is 0.322 e. The molecule has 1 aromatic carbocycles. The van der Waals surface area contributed by atoms with Crippen LogP contribution in [0.5, 0.6) is 0 Å². The van der Waals surface area contributed by atoms with Crippen molar-refractivity contribution in [3.63, 3.8) is 0 Å². The molecule has 3 rings (SSSR count). The van der Waals surface area contributed by atoms with Crippen molar-refractivity contribution in [1.29, 1.82) is 0 Å². The van der Waals surface area contributed by atoms with Gasteiger partial charge in [0.25, 0.3) is 0 Å². The number of aromatic nitrogens is 1. The first-order valence-electron chi connectivity index (χ1n) is 7.13. The molecule has 0 saturated carbocycles. The molecule has 1 N–H and O–H groups in total. The zero-order valence-electron chi connectivity index (χ0n) is 12.5. The summed E-state index contributed by atoms with van der Waals surface area (Å²) in [7, 11) is 0. The van der Waals surface area contributed by atoms with Crippen LogP contribution in [0.4, 0.5) is 10.5 Å². The van der Waals surface area contributed by atoms with E-state index in [-0.39, 0.29) is 6.03 Å². The van der Waals surface area contributed by atoms with Gasteiger partial charge >= 0.3 is 6.03 Å². The summed E-state index contributed by atoms with van der Waals surface area (Å²) in [4.78, 5) is 19.8. The molecule has 0 bridgehead atoms. The second kappa shape index (κ2) is 5.48. The van der Waals surface area contributed by atoms with E-state index in [0.717, 1.165) is 27.8 Å². The van der Waals surface area contributed by atoms with Crippen molar-refractivity contribution in [1.82, 2.24) is 10.3 Å². The Bertz CT molecular complexity index is 680. The first kappa shape index (κ1) is 14.1. The minimum Gasteiger partial charge on any atom is -0.333 e. The van der Waals surface area contributed by atoms with Crippen LogP contribution in [0, 0.1) is 13.8 Å². The van der Waals surface area contributed by atoms with Crippen LogP contribution >= 0.6 is 11.3 Å². The third kappa shape index (κ3) is 2.65. The highest BCUT2D eigenvalue weighted by atomic mass is 32.1. The molecule has 5 heteroatoms. The number of aryl methyl sites for hydroxylation is 2. The monoisotopic (exact) mass is 301 g/mol. The number of urea groups is 1. The summed E-state index contributed by atoms with van der Waals surface area (Å²) in [5.41, 5.74) is 3.28. The van der Waals surface area contributed by atoms with E-state index in [1.807, 2.05) is 36.9 Å². The van der Waals surface area contributed by atoms with Crippen LogP contribution in [0.1, 0.15) is 34.0 Å². The Morgan fingerprint density at radius 3 is 2.90 bits per heavy atom. The second-order valence-electron chi connectivity index (χ2n) is 5.47. The van der Waals surface area contributed by atoms with Gasteiger partial charge in [-0.25, -0.2) is 9.78 Å². The van der Waals surface area contributed by atoms with E-state index >= 15 is 0 Å². The zero-order chi connectivity index (χ0) is 15.0. The van der Waals surface area contributed by atoms with E-state index < -0.39 is 0 Å². The summed E-state index contributed by atoms with van der Waals surface area (Å²) in [6, 6.07) is 8.09. The van der Waals surface area contributed by atoms with Crippen molar-refractivity contribution in [2.24, 2.45) is 0 Å². The van der Waals surface area contributed by atoms with E-state index in [1.54, 1.807) is 11.3 Å². The molecule has 21 heavy (non-hydrogen) atoms. The number of para-hydroxylation sites is 1. The average molecular weight is 301 g/mol. The van der Waals surface area contributed by atoms with Gasteiger partial charge in [-0.15, -0.1) is 11.3 Å². The number of carbonyl (C=O) groups excluding carboxylic acids is 1. The minimum absolute atomic E-state index is 0.0303. The maximum absolute atomic E-state index is 12.4. The molecule has 4 nitrogen and oxygen atoms in total. The van der Waals surface area contributed by atoms with E-state index in [0.29, 0.717) is 12.5 Å². The summed E-state index contributed by atoms with van der Waals surface area (Å²) in [5.74, 6) is 0.388. The lowest BCUT2D eigenvalue weighted by Gasteiger charge is -2.18. The number of benzene rings is 1. The third-order valence-corrected chi connectivity index (χ3v) is 4.93. The molecular weight excluding hydrogens is 282 g/mol. The van der Waals surface area contributed by atoms with Crippen molar-refractivity contribution in [3.8, 4) is 0 Å². The van der Waals surface area contributed by atoms with E-state index in [2.05, 4.69) is 23.3 Å². The average Bonchev–Trinajstić information content (AvgIpc) is 2.97. The van der Waals surface area contributed by atoms with Crippen molar-refractivity contribution in [3.05, 3.63) is 45.4 Å². The Morgan fingerprint density at radius 2 is 2.19 bits per heavy atom. The second-order valence-corrected chi connectivity index (χ2v) is 6.76. The SMILES string of the molecule is Cc1nc(C)c(CNC(=O)N2C[C@@H](C)c3ccccc32)s1. The maximum atomic E-state index is 12.4. The zero-order valence-corrected chi connectivity index (χ0v) is 13.3. The van der Waals surface area contributed by atoms with Gasteiger partial charge in [0.1, 0.15) is 0 Å². The van der Waals surface area contributed by atoms with Gasteiger partial charge in [0, 0.05) is 23.0 Å². The molecule has 2 aromatic rings. The molecule has 0 unspecified atom stereocenters. The number of nitrogens with one attached hydrogen (secondary N) is 1. The van der Waals surface area contributed by atoms with Gasteiger partial charge in [-0.05, 0) is 25.5 Å². The summed E-state index contributed by atoms with van der Waals surface area (Å²) < 4.78 is 0.